The van der Waals surface area contributed by atoms with Gasteiger partial charge in [-0.2, -0.15) is 0 Å². The quantitative estimate of drug-likeness (QED) is 0.684. The monoisotopic (exact) mass is 311 g/mol. The number of hydrogen-bond donors (Lipinski definition) is 1. The van der Waals surface area contributed by atoms with Crippen molar-refractivity contribution in [3.8, 4) is 0 Å². The Balaban J connectivity index is 2.13. The van der Waals surface area contributed by atoms with Crippen molar-refractivity contribution in [3.63, 3.8) is 0 Å². The fourth-order valence-corrected chi connectivity index (χ4v) is 4.36. The maximum absolute atomic E-state index is 12.7. The van der Waals surface area contributed by atoms with Gasteiger partial charge >= 0.3 is 0 Å². The molecule has 1 saturated carbocycles. The maximum Gasteiger partial charge on any atom is 0.182 e. The molecule has 0 spiro atoms. The Morgan fingerprint density at radius 1 is 1.52 bits per heavy atom. The molecule has 1 heterocycles. The van der Waals surface area contributed by atoms with Crippen molar-refractivity contribution in [1.82, 2.24) is 4.57 Å². The highest BCUT2D eigenvalue weighted by molar-refractivity contribution is 6.09. The molecule has 122 valence electrons. The fraction of sp³-hybridized carbons (Fsp3) is 0.450. The van der Waals surface area contributed by atoms with E-state index < -0.39 is 6.10 Å². The maximum atomic E-state index is 12.7. The standard InChI is InChI=1S/C20H25NO2/c1-4-10-20-14(2)17(13-16-8-6-11-21(16)3)18(22)12-15(20)7-5-9-19(20)23/h4,6,8,11-14,19,23H,1,5,7,9-10H2,2-3H3/t14-,19-,20-/m0/s1. The van der Waals surface area contributed by atoms with Crippen molar-refractivity contribution < 1.29 is 9.90 Å². The zero-order chi connectivity index (χ0) is 16.6. The van der Waals surface area contributed by atoms with Gasteiger partial charge in [-0.25, -0.2) is 0 Å². The second-order valence-electron chi connectivity index (χ2n) is 6.84. The number of aliphatic hydroxyl groups excluding tert-OH is 1. The Morgan fingerprint density at radius 2 is 2.30 bits per heavy atom. The highest BCUT2D eigenvalue weighted by Gasteiger charge is 2.51. The first-order chi connectivity index (χ1) is 11.0. The smallest absolute Gasteiger partial charge is 0.182 e. The van der Waals surface area contributed by atoms with E-state index in [1.165, 1.54) is 0 Å². The number of allylic oxidation sites excluding steroid dienone is 3. The number of aliphatic hydroxyl groups is 1. The summed E-state index contributed by atoms with van der Waals surface area (Å²) in [5.41, 5.74) is 2.54. The number of aromatic nitrogens is 1. The Kier molecular flexibility index (Phi) is 4.15. The molecule has 2 aliphatic rings. The van der Waals surface area contributed by atoms with Crippen LogP contribution in [0.25, 0.3) is 6.08 Å². The largest absolute Gasteiger partial charge is 0.392 e. The predicted molar refractivity (Wildman–Crippen MR) is 92.7 cm³/mol. The van der Waals surface area contributed by atoms with E-state index in [4.69, 9.17) is 0 Å². The average molecular weight is 311 g/mol. The van der Waals surface area contributed by atoms with Gasteiger partial charge in [0, 0.05) is 29.9 Å². The van der Waals surface area contributed by atoms with Crippen LogP contribution < -0.4 is 0 Å². The molecule has 0 radical (unpaired) electrons. The molecule has 3 heteroatoms. The van der Waals surface area contributed by atoms with E-state index in [0.29, 0.717) is 6.42 Å². The minimum atomic E-state index is -0.416. The summed E-state index contributed by atoms with van der Waals surface area (Å²) in [6.07, 6.45) is 10.5. The van der Waals surface area contributed by atoms with Crippen LogP contribution in [0.2, 0.25) is 0 Å². The van der Waals surface area contributed by atoms with E-state index in [1.54, 1.807) is 6.08 Å². The van der Waals surface area contributed by atoms with Crippen molar-refractivity contribution in [2.24, 2.45) is 18.4 Å². The SMILES string of the molecule is C=CC[C@@]12C(=CC(=O)C(=Cc3cccn3C)[C@@H]1C)CCC[C@@H]2O. The summed E-state index contributed by atoms with van der Waals surface area (Å²) < 4.78 is 2.00. The summed E-state index contributed by atoms with van der Waals surface area (Å²) in [5.74, 6) is 0.0701. The molecule has 3 rings (SSSR count). The Bertz CT molecular complexity index is 694. The second-order valence-corrected chi connectivity index (χ2v) is 6.84. The van der Waals surface area contributed by atoms with Crippen LogP contribution in [0.3, 0.4) is 0 Å². The molecule has 0 amide bonds. The molecule has 0 aliphatic heterocycles. The number of nitrogens with zero attached hydrogens (tertiary/aromatic N) is 1. The number of carbonyl (C=O) groups is 1. The van der Waals surface area contributed by atoms with Crippen molar-refractivity contribution in [3.05, 3.63) is 53.9 Å². The number of hydrogen-bond acceptors (Lipinski definition) is 2. The molecule has 3 nitrogen and oxygen atoms in total. The second kappa shape index (κ2) is 5.97. The lowest BCUT2D eigenvalue weighted by Gasteiger charge is -2.50. The van der Waals surface area contributed by atoms with Crippen molar-refractivity contribution in [2.45, 2.75) is 38.7 Å². The molecule has 1 aromatic rings. The van der Waals surface area contributed by atoms with Gasteiger partial charge in [0.2, 0.25) is 0 Å². The summed E-state index contributed by atoms with van der Waals surface area (Å²) >= 11 is 0. The van der Waals surface area contributed by atoms with Crippen LogP contribution in [0, 0.1) is 11.3 Å². The third-order valence-corrected chi connectivity index (χ3v) is 5.71. The topological polar surface area (TPSA) is 42.2 Å². The van der Waals surface area contributed by atoms with Gasteiger partial charge in [-0.3, -0.25) is 4.79 Å². The predicted octanol–water partition coefficient (Wildman–Crippen LogP) is 3.66. The van der Waals surface area contributed by atoms with Crippen LogP contribution in [0.5, 0.6) is 0 Å². The number of carbonyl (C=O) groups excluding carboxylic acids is 1. The van der Waals surface area contributed by atoms with Gasteiger partial charge in [0.05, 0.1) is 6.10 Å². The number of fused-ring (bicyclic) bond motifs is 1. The Hall–Kier alpha value is -1.87. The summed E-state index contributed by atoms with van der Waals surface area (Å²) in [7, 11) is 1.97. The minimum Gasteiger partial charge on any atom is -0.392 e. The van der Waals surface area contributed by atoms with Gasteiger partial charge in [-0.15, -0.1) is 6.58 Å². The van der Waals surface area contributed by atoms with Gasteiger partial charge < -0.3 is 9.67 Å². The summed E-state index contributed by atoms with van der Waals surface area (Å²) in [6, 6.07) is 3.98. The summed E-state index contributed by atoms with van der Waals surface area (Å²) in [4.78, 5) is 12.7. The lowest BCUT2D eigenvalue weighted by Crippen LogP contribution is -2.48. The molecule has 2 aliphatic carbocycles. The number of rotatable bonds is 3. The van der Waals surface area contributed by atoms with Crippen LogP contribution in [-0.4, -0.2) is 21.6 Å². The van der Waals surface area contributed by atoms with E-state index in [1.807, 2.05) is 42.1 Å². The van der Waals surface area contributed by atoms with Gasteiger partial charge in [0.15, 0.2) is 5.78 Å². The van der Waals surface area contributed by atoms with Gasteiger partial charge in [-0.1, -0.05) is 18.6 Å². The molecule has 0 aromatic carbocycles. The first kappa shape index (κ1) is 16.0. The summed E-state index contributed by atoms with van der Waals surface area (Å²) in [6.45, 7) is 5.98. The number of ketones is 1. The minimum absolute atomic E-state index is 0.0156. The van der Waals surface area contributed by atoms with Crippen molar-refractivity contribution >= 4 is 11.9 Å². The molecule has 1 N–H and O–H groups in total. The first-order valence-electron chi connectivity index (χ1n) is 8.38. The van der Waals surface area contributed by atoms with Crippen LogP contribution in [-0.2, 0) is 11.8 Å². The van der Waals surface area contributed by atoms with E-state index in [0.717, 1.165) is 36.1 Å². The van der Waals surface area contributed by atoms with Crippen LogP contribution in [0.4, 0.5) is 0 Å². The van der Waals surface area contributed by atoms with E-state index >= 15 is 0 Å². The van der Waals surface area contributed by atoms with Crippen LogP contribution in [0.15, 0.2) is 48.2 Å². The van der Waals surface area contributed by atoms with Crippen molar-refractivity contribution in [2.75, 3.05) is 0 Å². The molecule has 23 heavy (non-hydrogen) atoms. The highest BCUT2D eigenvalue weighted by atomic mass is 16.3. The average Bonchev–Trinajstić information content (AvgIpc) is 2.91. The molecule has 0 bridgehead atoms. The van der Waals surface area contributed by atoms with Gasteiger partial charge in [0.25, 0.3) is 0 Å². The van der Waals surface area contributed by atoms with Crippen LogP contribution in [0.1, 0.15) is 38.3 Å². The first-order valence-corrected chi connectivity index (χ1v) is 8.38. The lowest BCUT2D eigenvalue weighted by molar-refractivity contribution is -0.113. The molecular formula is C20H25NO2. The van der Waals surface area contributed by atoms with Crippen LogP contribution >= 0.6 is 0 Å². The Morgan fingerprint density at radius 3 is 2.96 bits per heavy atom. The van der Waals surface area contributed by atoms with E-state index in [2.05, 4.69) is 13.5 Å². The Labute approximate surface area is 138 Å². The molecular weight excluding hydrogens is 286 g/mol. The lowest BCUT2D eigenvalue weighted by atomic mass is 9.55. The normalized spacial score (nSPS) is 32.6. The molecule has 0 saturated heterocycles. The number of aryl methyl sites for hydroxylation is 1. The molecule has 0 unspecified atom stereocenters. The van der Waals surface area contributed by atoms with E-state index in [9.17, 15) is 9.90 Å². The fourth-order valence-electron chi connectivity index (χ4n) is 4.36. The van der Waals surface area contributed by atoms with Crippen molar-refractivity contribution in [1.29, 1.82) is 0 Å². The highest BCUT2D eigenvalue weighted by Crippen LogP contribution is 2.54. The van der Waals surface area contributed by atoms with Gasteiger partial charge in [0.1, 0.15) is 0 Å². The summed E-state index contributed by atoms with van der Waals surface area (Å²) in [5, 5.41) is 10.8. The third-order valence-electron chi connectivity index (χ3n) is 5.71. The molecule has 3 atom stereocenters. The zero-order valence-corrected chi connectivity index (χ0v) is 14.0. The zero-order valence-electron chi connectivity index (χ0n) is 14.0. The van der Waals surface area contributed by atoms with E-state index in [-0.39, 0.29) is 17.1 Å². The molecule has 1 aromatic heterocycles. The molecule has 1 fully saturated rings. The third kappa shape index (κ3) is 2.43. The van der Waals surface area contributed by atoms with Gasteiger partial charge in [-0.05, 0) is 55.9 Å².